The summed E-state index contributed by atoms with van der Waals surface area (Å²) in [5.74, 6) is 0.0435. The Labute approximate surface area is 260 Å². The van der Waals surface area contributed by atoms with Gasteiger partial charge in [-0.2, -0.15) is 0 Å². The van der Waals surface area contributed by atoms with E-state index < -0.39 is 0 Å². The SMILES string of the molecule is O=C1/C(=C/c2ccccn2)N=C([Se]CC[Se]C2=N/C(=C\c3ccccn3)C(=O)N2C2CCCCC2)N1C1CCCCC1. The van der Waals surface area contributed by atoms with Gasteiger partial charge >= 0.3 is 261 Å². The molecule has 0 saturated heterocycles. The Morgan fingerprint density at radius 1 is 0.643 bits per heavy atom. The van der Waals surface area contributed by atoms with E-state index in [1.807, 2.05) is 58.4 Å². The van der Waals surface area contributed by atoms with Crippen LogP contribution in [-0.4, -0.2) is 83.0 Å². The van der Waals surface area contributed by atoms with E-state index in [9.17, 15) is 9.59 Å². The normalized spacial score (nSPS) is 22.4. The molecule has 0 atom stereocenters. The van der Waals surface area contributed by atoms with Crippen molar-refractivity contribution in [3.63, 3.8) is 0 Å². The topological polar surface area (TPSA) is 91.1 Å². The van der Waals surface area contributed by atoms with Crippen LogP contribution in [0.25, 0.3) is 12.2 Å². The molecule has 42 heavy (non-hydrogen) atoms. The third-order valence-corrected chi connectivity index (χ3v) is 13.4. The third-order valence-electron chi connectivity index (χ3n) is 8.09. The zero-order valence-electron chi connectivity index (χ0n) is 23.7. The molecule has 8 nitrogen and oxygen atoms in total. The Bertz CT molecular complexity index is 1290. The van der Waals surface area contributed by atoms with Crippen molar-refractivity contribution >= 4 is 63.3 Å². The molecular formula is C32H36N6O2Se2. The van der Waals surface area contributed by atoms with Crippen LogP contribution in [0.2, 0.25) is 10.6 Å². The molecule has 2 fully saturated rings. The first-order chi connectivity index (χ1) is 20.7. The van der Waals surface area contributed by atoms with Gasteiger partial charge in [-0.3, -0.25) is 0 Å². The van der Waals surface area contributed by atoms with Gasteiger partial charge in [0, 0.05) is 0 Å². The molecule has 0 unspecified atom stereocenters. The van der Waals surface area contributed by atoms with E-state index in [1.54, 1.807) is 12.4 Å². The van der Waals surface area contributed by atoms with Crippen molar-refractivity contribution in [3.05, 3.63) is 71.6 Å². The molecule has 0 bridgehead atoms. The van der Waals surface area contributed by atoms with Crippen LogP contribution in [0.5, 0.6) is 0 Å². The second-order valence-electron chi connectivity index (χ2n) is 11.0. The first-order valence-electron chi connectivity index (χ1n) is 15.0. The molecule has 218 valence electrons. The van der Waals surface area contributed by atoms with Crippen molar-refractivity contribution in [2.24, 2.45) is 9.98 Å². The van der Waals surface area contributed by atoms with Crippen LogP contribution in [0.1, 0.15) is 75.6 Å². The van der Waals surface area contributed by atoms with Gasteiger partial charge in [-0.05, 0) is 0 Å². The molecule has 0 radical (unpaired) electrons. The Kier molecular flexibility index (Phi) is 9.76. The number of rotatable bonds is 9. The zero-order chi connectivity index (χ0) is 28.7. The summed E-state index contributed by atoms with van der Waals surface area (Å²) in [6, 6.07) is 11.9. The molecule has 0 spiro atoms. The van der Waals surface area contributed by atoms with E-state index in [2.05, 4.69) is 9.97 Å². The van der Waals surface area contributed by atoms with Crippen molar-refractivity contribution in [2.75, 3.05) is 0 Å². The number of amides is 2. The molecular weight excluding hydrogens is 658 g/mol. The van der Waals surface area contributed by atoms with E-state index in [1.165, 1.54) is 12.8 Å². The molecule has 10 heteroatoms. The zero-order valence-corrected chi connectivity index (χ0v) is 27.2. The summed E-state index contributed by atoms with van der Waals surface area (Å²) in [6.45, 7) is 0. The monoisotopic (exact) mass is 696 g/mol. The van der Waals surface area contributed by atoms with Gasteiger partial charge in [0.25, 0.3) is 0 Å². The van der Waals surface area contributed by atoms with Gasteiger partial charge in [0.1, 0.15) is 0 Å². The minimum absolute atomic E-state index is 0.0217. The van der Waals surface area contributed by atoms with Gasteiger partial charge in [-0.1, -0.05) is 0 Å². The van der Waals surface area contributed by atoms with Crippen LogP contribution in [0, 0.1) is 0 Å². The molecule has 2 aromatic rings. The van der Waals surface area contributed by atoms with Gasteiger partial charge in [-0.25, -0.2) is 0 Å². The number of amidine groups is 2. The fraction of sp³-hybridized carbons (Fsp3) is 0.438. The Morgan fingerprint density at radius 3 is 1.45 bits per heavy atom. The predicted molar refractivity (Wildman–Crippen MR) is 168 cm³/mol. The number of nitrogens with zero attached hydrogens (tertiary/aromatic N) is 6. The summed E-state index contributed by atoms with van der Waals surface area (Å²) in [5, 5.41) is 1.93. The Hall–Kier alpha value is -2.90. The molecule has 6 rings (SSSR count). The number of carbonyl (C=O) groups excluding carboxylic acids is 2. The summed E-state index contributed by atoms with van der Waals surface area (Å²) in [6.07, 6.45) is 18.4. The summed E-state index contributed by atoms with van der Waals surface area (Å²) < 4.78 is 1.89. The number of carbonyl (C=O) groups is 2. The van der Waals surface area contributed by atoms with E-state index in [0.717, 1.165) is 82.9 Å². The van der Waals surface area contributed by atoms with Crippen molar-refractivity contribution in [1.29, 1.82) is 0 Å². The molecule has 2 aliphatic heterocycles. The first kappa shape index (κ1) is 29.2. The van der Waals surface area contributed by atoms with E-state index in [4.69, 9.17) is 9.98 Å². The number of pyridine rings is 2. The van der Waals surface area contributed by atoms with Gasteiger partial charge in [0.2, 0.25) is 0 Å². The fourth-order valence-corrected chi connectivity index (χ4v) is 11.2. The quantitative estimate of drug-likeness (QED) is 0.206. The van der Waals surface area contributed by atoms with Crippen LogP contribution >= 0.6 is 0 Å². The van der Waals surface area contributed by atoms with Crippen LogP contribution in [0.3, 0.4) is 0 Å². The van der Waals surface area contributed by atoms with Crippen molar-refractivity contribution in [1.82, 2.24) is 19.8 Å². The molecule has 2 aliphatic carbocycles. The second-order valence-corrected chi connectivity index (χ2v) is 15.4. The number of hydrogen-bond acceptors (Lipinski definition) is 6. The summed E-state index contributed by atoms with van der Waals surface area (Å²) in [4.78, 5) is 49.7. The van der Waals surface area contributed by atoms with Crippen LogP contribution in [-0.2, 0) is 9.59 Å². The van der Waals surface area contributed by atoms with Gasteiger partial charge in [0.05, 0.1) is 0 Å². The first-order valence-corrected chi connectivity index (χ1v) is 19.2. The summed E-state index contributed by atoms with van der Waals surface area (Å²) in [7, 11) is 0. The molecule has 0 aromatic carbocycles. The Balaban J connectivity index is 1.16. The summed E-state index contributed by atoms with van der Waals surface area (Å²) >= 11 is 0.111. The molecule has 2 aromatic heterocycles. The molecule has 2 saturated carbocycles. The Morgan fingerprint density at radius 2 is 1.07 bits per heavy atom. The van der Waals surface area contributed by atoms with Crippen LogP contribution in [0.4, 0.5) is 0 Å². The molecule has 4 heterocycles. The fourth-order valence-electron chi connectivity index (χ4n) is 6.01. The van der Waals surface area contributed by atoms with Crippen molar-refractivity contribution in [3.8, 4) is 0 Å². The number of hydrogen-bond donors (Lipinski definition) is 0. The van der Waals surface area contributed by atoms with Crippen LogP contribution < -0.4 is 0 Å². The number of aromatic nitrogens is 2. The molecule has 0 N–H and O–H groups in total. The third kappa shape index (κ3) is 6.84. The van der Waals surface area contributed by atoms with E-state index in [-0.39, 0.29) is 53.8 Å². The molecule has 2 amide bonds. The minimum atomic E-state index is 0.0217. The average molecular weight is 695 g/mol. The standard InChI is InChI=1S/C32H36N6O2Se2/c39-29-27(21-23-11-7-9-17-33-23)35-31(37(29)25-13-3-1-4-14-25)41-19-20-42-32-36-28(22-24-12-8-10-18-34-24)30(40)38(32)26-15-5-2-6-16-26/h7-12,17-18,21-22,25-26H,1-6,13-16,19-20H2/b27-21-,28-22-. The van der Waals surface area contributed by atoms with Gasteiger partial charge in [0.15, 0.2) is 0 Å². The molecule has 4 aliphatic rings. The second kappa shape index (κ2) is 14.0. The van der Waals surface area contributed by atoms with Crippen LogP contribution in [0.15, 0.2) is 70.2 Å². The average Bonchev–Trinajstić information content (AvgIpc) is 3.51. The van der Waals surface area contributed by atoms with E-state index in [0.29, 0.717) is 11.4 Å². The van der Waals surface area contributed by atoms with Crippen molar-refractivity contribution in [2.45, 2.75) is 86.9 Å². The van der Waals surface area contributed by atoms with Crippen molar-refractivity contribution < 1.29 is 9.59 Å². The maximum absolute atomic E-state index is 13.6. The maximum atomic E-state index is 13.6. The number of aliphatic imine (C=N–C) groups is 2. The van der Waals surface area contributed by atoms with Gasteiger partial charge < -0.3 is 0 Å². The summed E-state index contributed by atoms with van der Waals surface area (Å²) in [5.41, 5.74) is 2.51. The van der Waals surface area contributed by atoms with Gasteiger partial charge in [-0.15, -0.1) is 0 Å². The van der Waals surface area contributed by atoms with E-state index >= 15 is 0 Å². The predicted octanol–water partition coefficient (Wildman–Crippen LogP) is 5.17.